The molecule has 0 amide bonds. The van der Waals surface area contributed by atoms with Gasteiger partial charge in [0.2, 0.25) is 0 Å². The normalized spacial score (nSPS) is 43.4. The lowest BCUT2D eigenvalue weighted by Crippen LogP contribution is -2.50. The maximum absolute atomic E-state index is 10.9. The number of halogens is 4. The highest BCUT2D eigenvalue weighted by atomic mass is 79.9. The van der Waals surface area contributed by atoms with Crippen molar-refractivity contribution in [3.8, 4) is 0 Å². The molecule has 50 heavy (non-hydrogen) atoms. The van der Waals surface area contributed by atoms with E-state index in [1.807, 2.05) is 0 Å². The molecular formula is C39H64Br4O7. The molecule has 7 nitrogen and oxygen atoms in total. The van der Waals surface area contributed by atoms with Crippen LogP contribution in [0, 0.1) is 34.5 Å². The van der Waals surface area contributed by atoms with Crippen molar-refractivity contribution in [3.05, 3.63) is 0 Å². The van der Waals surface area contributed by atoms with Crippen LogP contribution in [0.1, 0.15) is 105 Å². The number of rotatable bonds is 16. The molecule has 2 heterocycles. The molecule has 6 aliphatic rings. The molecular weight excluding hydrogens is 900 g/mol. The average molecular weight is 965 g/mol. The molecule has 0 aromatic carbocycles. The van der Waals surface area contributed by atoms with E-state index >= 15 is 0 Å². The van der Waals surface area contributed by atoms with Gasteiger partial charge in [0.1, 0.15) is 18.3 Å². The molecule has 11 heteroatoms. The van der Waals surface area contributed by atoms with E-state index in [4.69, 9.17) is 28.4 Å². The summed E-state index contributed by atoms with van der Waals surface area (Å²) < 4.78 is 35.7. The molecule has 4 aliphatic carbocycles. The van der Waals surface area contributed by atoms with Gasteiger partial charge in [-0.25, -0.2) is 0 Å². The van der Waals surface area contributed by atoms with Gasteiger partial charge in [-0.05, 0) is 112 Å². The van der Waals surface area contributed by atoms with Crippen LogP contribution in [0.5, 0.6) is 0 Å². The molecule has 7 unspecified atom stereocenters. The van der Waals surface area contributed by atoms with Gasteiger partial charge < -0.3 is 33.5 Å². The Hall–Kier alpha value is 1.64. The molecule has 2 saturated heterocycles. The van der Waals surface area contributed by atoms with Gasteiger partial charge in [-0.1, -0.05) is 91.4 Å². The van der Waals surface area contributed by atoms with Crippen LogP contribution in [0.15, 0.2) is 0 Å². The van der Waals surface area contributed by atoms with Gasteiger partial charge in [0.25, 0.3) is 0 Å². The van der Waals surface area contributed by atoms with Crippen LogP contribution in [0.3, 0.4) is 0 Å². The third kappa shape index (κ3) is 10.9. The topological polar surface area (TPSA) is 82.2 Å². The van der Waals surface area contributed by atoms with Gasteiger partial charge in [-0.2, -0.15) is 0 Å². The number of aliphatic hydroxyl groups excluding tert-OH is 1. The van der Waals surface area contributed by atoms with Crippen LogP contribution in [-0.2, 0) is 28.4 Å². The van der Waals surface area contributed by atoms with E-state index in [1.165, 1.54) is 38.5 Å². The Labute approximate surface area is 336 Å². The number of hydrogen-bond donors (Lipinski definition) is 1. The van der Waals surface area contributed by atoms with Gasteiger partial charge in [0.15, 0.2) is 0 Å². The maximum Gasteiger partial charge on any atom is 0.104 e. The summed E-state index contributed by atoms with van der Waals surface area (Å²) in [6, 6.07) is 0. The number of aliphatic hydroxyl groups is 1. The molecule has 6 rings (SSSR count). The lowest BCUT2D eigenvalue weighted by molar-refractivity contribution is -0.0841. The zero-order chi connectivity index (χ0) is 35.6. The van der Waals surface area contributed by atoms with Crippen LogP contribution in [-0.4, -0.2) is 107 Å². The van der Waals surface area contributed by atoms with Crippen LogP contribution >= 0.6 is 63.7 Å². The fourth-order valence-electron chi connectivity index (χ4n) is 9.82. The Morgan fingerprint density at radius 1 is 0.540 bits per heavy atom. The monoisotopic (exact) mass is 960 g/mol. The van der Waals surface area contributed by atoms with E-state index in [-0.39, 0.29) is 33.4 Å². The van der Waals surface area contributed by atoms with Crippen molar-refractivity contribution in [2.75, 3.05) is 39.6 Å². The Bertz CT molecular complexity index is 1020. The second kappa shape index (κ2) is 18.3. The Morgan fingerprint density at radius 3 is 1.34 bits per heavy atom. The second-order valence-electron chi connectivity index (χ2n) is 17.8. The summed E-state index contributed by atoms with van der Waals surface area (Å²) in [4.78, 5) is 1.12. The molecule has 4 saturated carbocycles. The average Bonchev–Trinajstić information content (AvgIpc) is 4.02. The fraction of sp³-hybridized carbons (Fsp3) is 1.00. The SMILES string of the molecule is CC(C)(C1CCC(OCC(O)COC2C(Br)CC(C(C)(C)C3CC(Br)C(OCC4CO4)C(Br)C3)CC2Br)CC1)C1CCC(OCC2CO2)CC1. The van der Waals surface area contributed by atoms with Gasteiger partial charge >= 0.3 is 0 Å². The first-order chi connectivity index (χ1) is 23.8. The first-order valence-corrected chi connectivity index (χ1v) is 23.4. The standard InChI is InChI=1S/C39H64Br4O7/c1-38(2,24-7-11-29(12-8-24)46-19-30-20-47-30)23-5-9-28(10-6-23)45-17-27(44)18-49-36-32(40)13-25(14-33(36)41)39(3,4)26-15-34(42)37(35(43)16-26)50-22-31-21-48-31/h23-37,44H,5-22H2,1-4H3. The van der Waals surface area contributed by atoms with Crippen LogP contribution in [0.4, 0.5) is 0 Å². The summed E-state index contributed by atoms with van der Waals surface area (Å²) in [5, 5.41) is 10.9. The first kappa shape index (κ1) is 41.3. The number of epoxide rings is 2. The van der Waals surface area contributed by atoms with Crippen LogP contribution < -0.4 is 0 Å². The molecule has 2 aliphatic heterocycles. The van der Waals surface area contributed by atoms with E-state index in [9.17, 15) is 5.11 Å². The van der Waals surface area contributed by atoms with Crippen molar-refractivity contribution in [3.63, 3.8) is 0 Å². The fourth-order valence-corrected chi connectivity index (χ4v) is 14.5. The summed E-state index contributed by atoms with van der Waals surface area (Å²) in [5.74, 6) is 2.66. The second-order valence-corrected chi connectivity index (χ2v) is 22.5. The highest BCUT2D eigenvalue weighted by Crippen LogP contribution is 2.53. The molecule has 6 fully saturated rings. The van der Waals surface area contributed by atoms with Crippen LogP contribution in [0.25, 0.3) is 0 Å². The summed E-state index contributed by atoms with van der Waals surface area (Å²) in [6.45, 7) is 13.8. The highest BCUT2D eigenvalue weighted by Gasteiger charge is 2.49. The van der Waals surface area contributed by atoms with E-state index in [2.05, 4.69) is 91.4 Å². The minimum absolute atomic E-state index is 0.0184. The Morgan fingerprint density at radius 2 is 0.900 bits per heavy atom. The zero-order valence-electron chi connectivity index (χ0n) is 30.8. The predicted octanol–water partition coefficient (Wildman–Crippen LogP) is 8.99. The first-order valence-electron chi connectivity index (χ1n) is 19.7. The molecule has 0 spiro atoms. The Balaban J connectivity index is 0.872. The minimum Gasteiger partial charge on any atom is -0.388 e. The zero-order valence-corrected chi connectivity index (χ0v) is 37.1. The van der Waals surface area contributed by atoms with Crippen molar-refractivity contribution in [1.29, 1.82) is 0 Å². The molecule has 290 valence electrons. The van der Waals surface area contributed by atoms with Gasteiger partial charge in [0.05, 0.1) is 64.1 Å². The van der Waals surface area contributed by atoms with Crippen molar-refractivity contribution >= 4 is 63.7 Å². The van der Waals surface area contributed by atoms with Crippen molar-refractivity contribution in [1.82, 2.24) is 0 Å². The van der Waals surface area contributed by atoms with Crippen molar-refractivity contribution in [2.24, 2.45) is 34.5 Å². The van der Waals surface area contributed by atoms with Gasteiger partial charge in [0, 0.05) is 19.3 Å². The van der Waals surface area contributed by atoms with Crippen LogP contribution in [0.2, 0.25) is 0 Å². The quantitative estimate of drug-likeness (QED) is 0.122. The molecule has 0 bridgehead atoms. The molecule has 1 N–H and O–H groups in total. The summed E-state index contributed by atoms with van der Waals surface area (Å²) in [5.41, 5.74) is 0.523. The van der Waals surface area contributed by atoms with Gasteiger partial charge in [-0.3, -0.25) is 0 Å². The van der Waals surface area contributed by atoms with Gasteiger partial charge in [-0.15, -0.1) is 0 Å². The highest BCUT2D eigenvalue weighted by molar-refractivity contribution is 9.10. The Kier molecular flexibility index (Phi) is 15.1. The lowest BCUT2D eigenvalue weighted by Gasteiger charge is -2.50. The third-order valence-corrected chi connectivity index (χ3v) is 17.4. The van der Waals surface area contributed by atoms with E-state index in [0.29, 0.717) is 65.0 Å². The van der Waals surface area contributed by atoms with E-state index in [0.717, 1.165) is 70.2 Å². The smallest absolute Gasteiger partial charge is 0.104 e. The molecule has 0 radical (unpaired) electrons. The summed E-state index contributed by atoms with van der Waals surface area (Å²) >= 11 is 16.0. The number of alkyl halides is 4. The van der Waals surface area contributed by atoms with Crippen molar-refractivity contribution in [2.45, 2.75) is 167 Å². The molecule has 7 atom stereocenters. The molecule has 0 aromatic heterocycles. The largest absolute Gasteiger partial charge is 0.388 e. The molecule has 0 aromatic rings. The third-order valence-electron chi connectivity index (χ3n) is 13.8. The lowest BCUT2D eigenvalue weighted by atomic mass is 9.60. The van der Waals surface area contributed by atoms with Crippen molar-refractivity contribution < 1.29 is 33.5 Å². The predicted molar refractivity (Wildman–Crippen MR) is 212 cm³/mol. The number of ether oxygens (including phenoxy) is 6. The summed E-state index contributed by atoms with van der Waals surface area (Å²) in [7, 11) is 0. The minimum atomic E-state index is -0.614. The summed E-state index contributed by atoms with van der Waals surface area (Å²) in [6.07, 6.45) is 14.8. The number of hydrogen-bond acceptors (Lipinski definition) is 7. The maximum atomic E-state index is 10.9. The van der Waals surface area contributed by atoms with E-state index < -0.39 is 6.10 Å². The van der Waals surface area contributed by atoms with E-state index in [1.54, 1.807) is 0 Å².